The highest BCUT2D eigenvalue weighted by Crippen LogP contribution is 2.30. The van der Waals surface area contributed by atoms with E-state index < -0.39 is 0 Å². The first-order chi connectivity index (χ1) is 16.2. The molecule has 3 aromatic carbocycles. The van der Waals surface area contributed by atoms with E-state index in [9.17, 15) is 4.79 Å². The maximum Gasteiger partial charge on any atom is 0.270 e. The molecule has 2 heterocycles. The number of fused-ring (bicyclic) bond motifs is 1. The monoisotopic (exact) mass is 441 g/mol. The largest absolute Gasteiger partial charge is 0.497 e. The lowest BCUT2D eigenvalue weighted by atomic mass is 10.2. The number of rotatable bonds is 5. The van der Waals surface area contributed by atoms with E-state index in [1.165, 1.54) is 0 Å². The van der Waals surface area contributed by atoms with Gasteiger partial charge in [0.1, 0.15) is 17.2 Å². The molecule has 0 bridgehead atoms. The van der Waals surface area contributed by atoms with E-state index in [2.05, 4.69) is 21.6 Å². The smallest absolute Gasteiger partial charge is 0.270 e. The first-order valence-electron chi connectivity index (χ1n) is 11.1. The Morgan fingerprint density at radius 2 is 1.36 bits per heavy atom. The van der Waals surface area contributed by atoms with E-state index in [1.54, 1.807) is 14.2 Å². The molecule has 0 unspecified atom stereocenters. The third kappa shape index (κ3) is 4.00. The second kappa shape index (κ2) is 8.90. The summed E-state index contributed by atoms with van der Waals surface area (Å²) in [4.78, 5) is 17.9. The van der Waals surface area contributed by atoms with Crippen molar-refractivity contribution in [2.75, 3.05) is 45.3 Å². The number of piperazine rings is 1. The number of hydrogen-bond acceptors (Lipinski definition) is 4. The molecule has 6 nitrogen and oxygen atoms in total. The Hall–Kier alpha value is -3.93. The molecule has 4 aromatic rings. The number of amides is 1. The number of carbonyl (C=O) groups excluding carboxylic acids is 1. The van der Waals surface area contributed by atoms with Crippen molar-refractivity contribution in [2.45, 2.75) is 0 Å². The summed E-state index contributed by atoms with van der Waals surface area (Å²) in [6.45, 7) is 2.78. The van der Waals surface area contributed by atoms with Crippen LogP contribution in [0.1, 0.15) is 10.5 Å². The van der Waals surface area contributed by atoms with E-state index in [0.29, 0.717) is 18.8 Å². The summed E-state index contributed by atoms with van der Waals surface area (Å²) in [5.41, 5.74) is 3.76. The highest BCUT2D eigenvalue weighted by atomic mass is 16.5. The predicted molar refractivity (Wildman–Crippen MR) is 131 cm³/mol. The van der Waals surface area contributed by atoms with Gasteiger partial charge in [-0.15, -0.1) is 0 Å². The van der Waals surface area contributed by atoms with Crippen LogP contribution < -0.4 is 14.4 Å². The van der Waals surface area contributed by atoms with Gasteiger partial charge in [-0.25, -0.2) is 0 Å². The summed E-state index contributed by atoms with van der Waals surface area (Å²) in [5, 5.41) is 1.06. The number of anilines is 1. The standard InChI is InChI=1S/C27H27N3O3/c1-32-23-17-22(18-24(19-23)33-2)28-12-14-29(15-13-28)27(31)26-16-20-8-6-7-11-25(20)30(26)21-9-4-3-5-10-21/h3-11,16-19H,12-15H2,1-2H3. The number of methoxy groups -OCH3 is 2. The van der Waals surface area contributed by atoms with Crippen LogP contribution in [0.4, 0.5) is 5.69 Å². The SMILES string of the molecule is COc1cc(OC)cc(N2CCN(C(=O)c3cc4ccccc4n3-c3ccccc3)CC2)c1. The molecule has 5 rings (SSSR count). The zero-order valence-electron chi connectivity index (χ0n) is 18.9. The van der Waals surface area contributed by atoms with Crippen molar-refractivity contribution in [1.82, 2.24) is 9.47 Å². The van der Waals surface area contributed by atoms with Crippen molar-refractivity contribution in [3.63, 3.8) is 0 Å². The van der Waals surface area contributed by atoms with E-state index in [1.807, 2.05) is 71.6 Å². The predicted octanol–water partition coefficient (Wildman–Crippen LogP) is 4.61. The molecule has 1 aliphatic heterocycles. The number of hydrogen-bond donors (Lipinski definition) is 0. The fraction of sp³-hybridized carbons (Fsp3) is 0.222. The van der Waals surface area contributed by atoms with Gasteiger partial charge < -0.3 is 23.8 Å². The number of aromatic nitrogens is 1. The van der Waals surface area contributed by atoms with Crippen molar-refractivity contribution in [1.29, 1.82) is 0 Å². The fourth-order valence-electron chi connectivity index (χ4n) is 4.47. The lowest BCUT2D eigenvalue weighted by Crippen LogP contribution is -2.49. The van der Waals surface area contributed by atoms with Gasteiger partial charge in [0.2, 0.25) is 0 Å². The molecule has 1 aliphatic rings. The van der Waals surface area contributed by atoms with Gasteiger partial charge in [0.25, 0.3) is 5.91 Å². The van der Waals surface area contributed by atoms with Crippen molar-refractivity contribution >= 4 is 22.5 Å². The molecule has 6 heteroatoms. The molecule has 168 valence electrons. The van der Waals surface area contributed by atoms with Crippen LogP contribution in [0.25, 0.3) is 16.6 Å². The third-order valence-corrected chi connectivity index (χ3v) is 6.21. The van der Waals surface area contributed by atoms with Crippen LogP contribution in [0.3, 0.4) is 0 Å². The Morgan fingerprint density at radius 1 is 0.727 bits per heavy atom. The Bertz CT molecular complexity index is 1250. The first-order valence-corrected chi connectivity index (χ1v) is 11.1. The van der Waals surface area contributed by atoms with Gasteiger partial charge in [-0.2, -0.15) is 0 Å². The average molecular weight is 442 g/mol. The van der Waals surface area contributed by atoms with Crippen LogP contribution in [0.2, 0.25) is 0 Å². The van der Waals surface area contributed by atoms with Crippen molar-refractivity contribution in [3.8, 4) is 17.2 Å². The number of ether oxygens (including phenoxy) is 2. The Labute approximate surface area is 193 Å². The van der Waals surface area contributed by atoms with Gasteiger partial charge in [0.15, 0.2) is 0 Å². The minimum Gasteiger partial charge on any atom is -0.497 e. The molecular formula is C27H27N3O3. The molecule has 0 spiro atoms. The van der Waals surface area contributed by atoms with Crippen molar-refractivity contribution in [2.24, 2.45) is 0 Å². The summed E-state index contributed by atoms with van der Waals surface area (Å²) in [7, 11) is 3.31. The van der Waals surface area contributed by atoms with Crippen LogP contribution in [0, 0.1) is 0 Å². The van der Waals surface area contributed by atoms with Crippen LogP contribution >= 0.6 is 0 Å². The number of carbonyl (C=O) groups is 1. The Kier molecular flexibility index (Phi) is 5.65. The molecule has 0 N–H and O–H groups in total. The average Bonchev–Trinajstić information content (AvgIpc) is 3.28. The van der Waals surface area contributed by atoms with Crippen molar-refractivity contribution < 1.29 is 14.3 Å². The molecule has 1 saturated heterocycles. The maximum absolute atomic E-state index is 13.7. The summed E-state index contributed by atoms with van der Waals surface area (Å²) in [6.07, 6.45) is 0. The summed E-state index contributed by atoms with van der Waals surface area (Å²) >= 11 is 0. The fourth-order valence-corrected chi connectivity index (χ4v) is 4.47. The Morgan fingerprint density at radius 3 is 2.03 bits per heavy atom. The van der Waals surface area contributed by atoms with E-state index in [-0.39, 0.29) is 5.91 Å². The van der Waals surface area contributed by atoms with Crippen LogP contribution in [-0.2, 0) is 0 Å². The van der Waals surface area contributed by atoms with E-state index in [4.69, 9.17) is 9.47 Å². The number of para-hydroxylation sites is 2. The quantitative estimate of drug-likeness (QED) is 0.454. The van der Waals surface area contributed by atoms with Gasteiger partial charge in [0.05, 0.1) is 19.7 Å². The lowest BCUT2D eigenvalue weighted by molar-refractivity contribution is 0.0739. The van der Waals surface area contributed by atoms with E-state index >= 15 is 0 Å². The maximum atomic E-state index is 13.7. The Balaban J connectivity index is 1.40. The number of nitrogens with zero attached hydrogens (tertiary/aromatic N) is 3. The van der Waals surface area contributed by atoms with E-state index in [0.717, 1.165) is 46.9 Å². The first kappa shape index (κ1) is 20.9. The van der Waals surface area contributed by atoms with Crippen LogP contribution in [0.5, 0.6) is 11.5 Å². The van der Waals surface area contributed by atoms with Gasteiger partial charge >= 0.3 is 0 Å². The highest BCUT2D eigenvalue weighted by Gasteiger charge is 2.26. The minimum absolute atomic E-state index is 0.0536. The summed E-state index contributed by atoms with van der Waals surface area (Å²) in [6, 6.07) is 26.1. The van der Waals surface area contributed by atoms with Gasteiger partial charge in [-0.3, -0.25) is 4.79 Å². The second-order valence-electron chi connectivity index (χ2n) is 8.11. The third-order valence-electron chi connectivity index (χ3n) is 6.21. The van der Waals surface area contributed by atoms with Crippen molar-refractivity contribution in [3.05, 3.63) is 84.6 Å². The highest BCUT2D eigenvalue weighted by molar-refractivity contribution is 6.00. The zero-order chi connectivity index (χ0) is 22.8. The van der Waals surface area contributed by atoms with Crippen LogP contribution in [-0.4, -0.2) is 55.8 Å². The molecule has 33 heavy (non-hydrogen) atoms. The topological polar surface area (TPSA) is 46.9 Å². The number of benzene rings is 3. The molecule has 1 aromatic heterocycles. The molecule has 0 aliphatic carbocycles. The summed E-state index contributed by atoms with van der Waals surface area (Å²) in [5.74, 6) is 1.57. The minimum atomic E-state index is 0.0536. The molecular weight excluding hydrogens is 414 g/mol. The molecule has 0 radical (unpaired) electrons. The second-order valence-corrected chi connectivity index (χ2v) is 8.11. The molecule has 1 fully saturated rings. The molecule has 0 saturated carbocycles. The van der Waals surface area contributed by atoms with Gasteiger partial charge in [-0.1, -0.05) is 36.4 Å². The molecule has 0 atom stereocenters. The lowest BCUT2D eigenvalue weighted by Gasteiger charge is -2.36. The normalized spacial score (nSPS) is 13.9. The van der Waals surface area contributed by atoms with Crippen LogP contribution in [0.15, 0.2) is 78.9 Å². The zero-order valence-corrected chi connectivity index (χ0v) is 18.9. The van der Waals surface area contributed by atoms with Gasteiger partial charge in [-0.05, 0) is 24.3 Å². The van der Waals surface area contributed by atoms with Gasteiger partial charge in [0, 0.05) is 61.1 Å². The molecule has 1 amide bonds. The summed E-state index contributed by atoms with van der Waals surface area (Å²) < 4.78 is 12.9.